The molecule has 0 bridgehead atoms. The third-order valence-corrected chi connectivity index (χ3v) is 2.77. The normalized spacial score (nSPS) is 12.8. The van der Waals surface area contributed by atoms with E-state index in [0.29, 0.717) is 6.04 Å². The monoisotopic (exact) mass is 207 g/mol. The van der Waals surface area contributed by atoms with Crippen LogP contribution in [0.15, 0.2) is 18.3 Å². The average molecular weight is 207 g/mol. The van der Waals surface area contributed by atoms with E-state index < -0.39 is 0 Å². The summed E-state index contributed by atoms with van der Waals surface area (Å²) in [6, 6.07) is 0.339. The van der Waals surface area contributed by atoms with Gasteiger partial charge in [0.1, 0.15) is 0 Å². The van der Waals surface area contributed by atoms with Gasteiger partial charge < -0.3 is 5.32 Å². The molecule has 1 aromatic rings. The van der Waals surface area contributed by atoms with Gasteiger partial charge in [-0.15, -0.1) is 0 Å². The van der Waals surface area contributed by atoms with E-state index in [1.54, 1.807) is 0 Å². The molecule has 0 aliphatic heterocycles. The molecule has 3 heteroatoms. The van der Waals surface area contributed by atoms with Crippen molar-refractivity contribution in [2.24, 2.45) is 7.05 Å². The van der Waals surface area contributed by atoms with Crippen LogP contribution >= 0.6 is 0 Å². The molecule has 0 amide bonds. The Morgan fingerprint density at radius 3 is 2.73 bits per heavy atom. The van der Waals surface area contributed by atoms with Crippen molar-refractivity contribution in [2.45, 2.75) is 32.7 Å². The van der Waals surface area contributed by atoms with Gasteiger partial charge in [0.15, 0.2) is 0 Å². The zero-order valence-electron chi connectivity index (χ0n) is 10.2. The topological polar surface area (TPSA) is 29.9 Å². The Morgan fingerprint density at radius 1 is 1.67 bits per heavy atom. The first-order valence-corrected chi connectivity index (χ1v) is 5.42. The van der Waals surface area contributed by atoms with Crippen molar-refractivity contribution in [3.63, 3.8) is 0 Å². The Hall–Kier alpha value is -1.09. The summed E-state index contributed by atoms with van der Waals surface area (Å²) in [5, 5.41) is 7.68. The molecule has 0 saturated heterocycles. The lowest BCUT2D eigenvalue weighted by molar-refractivity contribution is 0.579. The minimum Gasteiger partial charge on any atom is -0.313 e. The van der Waals surface area contributed by atoms with E-state index in [4.69, 9.17) is 0 Å². The van der Waals surface area contributed by atoms with Gasteiger partial charge in [0, 0.05) is 24.8 Å². The van der Waals surface area contributed by atoms with E-state index in [-0.39, 0.29) is 0 Å². The van der Waals surface area contributed by atoms with Gasteiger partial charge in [-0.25, -0.2) is 0 Å². The highest BCUT2D eigenvalue weighted by molar-refractivity contribution is 5.21. The smallest absolute Gasteiger partial charge is 0.0641 e. The Morgan fingerprint density at radius 2 is 2.33 bits per heavy atom. The van der Waals surface area contributed by atoms with Crippen LogP contribution in [0.2, 0.25) is 0 Å². The Kier molecular flexibility index (Phi) is 4.09. The second kappa shape index (κ2) is 5.12. The van der Waals surface area contributed by atoms with Crippen molar-refractivity contribution in [1.29, 1.82) is 0 Å². The maximum Gasteiger partial charge on any atom is 0.0641 e. The predicted octanol–water partition coefficient (Wildman–Crippen LogP) is 2.35. The molecule has 3 nitrogen and oxygen atoms in total. The molecule has 1 N–H and O–H groups in total. The molecule has 0 aliphatic carbocycles. The Labute approximate surface area is 92.2 Å². The van der Waals surface area contributed by atoms with Crippen molar-refractivity contribution < 1.29 is 0 Å². The summed E-state index contributed by atoms with van der Waals surface area (Å²) in [4.78, 5) is 0. The highest BCUT2D eigenvalue weighted by Gasteiger charge is 2.14. The van der Waals surface area contributed by atoms with Gasteiger partial charge in [-0.2, -0.15) is 5.10 Å². The minimum atomic E-state index is 0.339. The summed E-state index contributed by atoms with van der Waals surface area (Å²) in [6.45, 7) is 8.25. The van der Waals surface area contributed by atoms with Gasteiger partial charge in [-0.3, -0.25) is 4.68 Å². The predicted molar refractivity (Wildman–Crippen MR) is 63.8 cm³/mol. The van der Waals surface area contributed by atoms with Crippen LogP contribution < -0.4 is 5.32 Å². The van der Waals surface area contributed by atoms with E-state index in [1.165, 1.54) is 11.1 Å². The van der Waals surface area contributed by atoms with Crippen molar-refractivity contribution >= 4 is 0 Å². The maximum absolute atomic E-state index is 4.36. The van der Waals surface area contributed by atoms with Crippen LogP contribution in [-0.4, -0.2) is 16.8 Å². The number of nitrogens with zero attached hydrogens (tertiary/aromatic N) is 2. The molecule has 1 unspecified atom stereocenters. The molecule has 15 heavy (non-hydrogen) atoms. The van der Waals surface area contributed by atoms with Crippen LogP contribution in [0.25, 0.3) is 0 Å². The van der Waals surface area contributed by atoms with Gasteiger partial charge in [0.2, 0.25) is 0 Å². The second-order valence-electron chi connectivity index (χ2n) is 3.99. The molecule has 0 spiro atoms. The largest absolute Gasteiger partial charge is 0.313 e. The maximum atomic E-state index is 4.36. The van der Waals surface area contributed by atoms with Gasteiger partial charge in [-0.1, -0.05) is 19.1 Å². The molecule has 1 heterocycles. The molecule has 1 atom stereocenters. The summed E-state index contributed by atoms with van der Waals surface area (Å²) in [7, 11) is 3.94. The van der Waals surface area contributed by atoms with Gasteiger partial charge in [0.05, 0.1) is 5.69 Å². The zero-order valence-corrected chi connectivity index (χ0v) is 10.2. The highest BCUT2D eigenvalue weighted by Crippen LogP contribution is 2.23. The molecular formula is C12H21N3. The van der Waals surface area contributed by atoms with Gasteiger partial charge in [-0.05, 0) is 26.8 Å². The van der Waals surface area contributed by atoms with Crippen LogP contribution in [0.5, 0.6) is 0 Å². The molecule has 0 aromatic carbocycles. The molecule has 0 aliphatic rings. The molecule has 84 valence electrons. The average Bonchev–Trinajstić information content (AvgIpc) is 2.54. The number of aryl methyl sites for hydroxylation is 2. The SMILES string of the molecule is C=C(CC)CC(NC)c1cn(C)nc1C. The van der Waals surface area contributed by atoms with Crippen LogP contribution in [0.1, 0.15) is 37.1 Å². The molecule has 0 fully saturated rings. The van der Waals surface area contributed by atoms with E-state index in [9.17, 15) is 0 Å². The first-order chi connectivity index (χ1) is 7.08. The van der Waals surface area contributed by atoms with E-state index in [0.717, 1.165) is 18.5 Å². The summed E-state index contributed by atoms with van der Waals surface area (Å²) in [6.07, 6.45) is 4.11. The minimum absolute atomic E-state index is 0.339. The van der Waals surface area contributed by atoms with E-state index in [2.05, 4.69) is 30.1 Å². The molecule has 0 radical (unpaired) electrons. The van der Waals surface area contributed by atoms with E-state index in [1.807, 2.05) is 25.7 Å². The molecule has 1 aromatic heterocycles. The molecule has 0 saturated carbocycles. The Balaban J connectivity index is 2.82. The Bertz CT molecular complexity index is 339. The number of nitrogens with one attached hydrogen (secondary N) is 1. The number of aromatic nitrogens is 2. The number of hydrogen-bond acceptors (Lipinski definition) is 2. The molecular weight excluding hydrogens is 186 g/mol. The summed E-state index contributed by atoms with van der Waals surface area (Å²) >= 11 is 0. The van der Waals surface area contributed by atoms with Crippen LogP contribution in [0.3, 0.4) is 0 Å². The van der Waals surface area contributed by atoms with Crippen molar-refractivity contribution in [2.75, 3.05) is 7.05 Å². The first-order valence-electron chi connectivity index (χ1n) is 5.42. The summed E-state index contributed by atoms with van der Waals surface area (Å²) in [5.41, 5.74) is 3.65. The van der Waals surface area contributed by atoms with Crippen molar-refractivity contribution in [1.82, 2.24) is 15.1 Å². The third-order valence-electron chi connectivity index (χ3n) is 2.77. The number of hydrogen-bond donors (Lipinski definition) is 1. The van der Waals surface area contributed by atoms with Crippen molar-refractivity contribution in [3.05, 3.63) is 29.6 Å². The summed E-state index contributed by atoms with van der Waals surface area (Å²) < 4.78 is 1.86. The van der Waals surface area contributed by atoms with Crippen LogP contribution in [0.4, 0.5) is 0 Å². The fraction of sp³-hybridized carbons (Fsp3) is 0.583. The second-order valence-corrected chi connectivity index (χ2v) is 3.99. The molecule has 1 rings (SSSR count). The van der Waals surface area contributed by atoms with E-state index >= 15 is 0 Å². The fourth-order valence-electron chi connectivity index (χ4n) is 1.76. The standard InChI is InChI=1S/C12H21N3/c1-6-9(2)7-12(13-4)11-8-15(5)14-10(11)3/h8,12-13H,2,6-7H2,1,3-5H3. The van der Waals surface area contributed by atoms with Crippen LogP contribution in [-0.2, 0) is 7.05 Å². The highest BCUT2D eigenvalue weighted by atomic mass is 15.3. The fourth-order valence-corrected chi connectivity index (χ4v) is 1.76. The van der Waals surface area contributed by atoms with Gasteiger partial charge in [0.25, 0.3) is 0 Å². The lowest BCUT2D eigenvalue weighted by Crippen LogP contribution is -2.17. The van der Waals surface area contributed by atoms with Crippen LogP contribution in [0, 0.1) is 6.92 Å². The van der Waals surface area contributed by atoms with Gasteiger partial charge >= 0.3 is 0 Å². The van der Waals surface area contributed by atoms with Crippen molar-refractivity contribution in [3.8, 4) is 0 Å². The lowest BCUT2D eigenvalue weighted by Gasteiger charge is -2.16. The zero-order chi connectivity index (χ0) is 11.4. The summed E-state index contributed by atoms with van der Waals surface area (Å²) in [5.74, 6) is 0. The quantitative estimate of drug-likeness (QED) is 0.751. The third kappa shape index (κ3) is 2.93. The lowest BCUT2D eigenvalue weighted by atomic mass is 9.99. The first kappa shape index (κ1) is 12.0. The number of rotatable bonds is 5.